The van der Waals surface area contributed by atoms with Crippen LogP contribution in [-0.4, -0.2) is 18.7 Å². The second kappa shape index (κ2) is 6.98. The normalized spacial score (nSPS) is 18.4. The highest BCUT2D eigenvalue weighted by molar-refractivity contribution is 6.31. The van der Waals surface area contributed by atoms with Crippen LogP contribution in [0.2, 0.25) is 5.02 Å². The molecule has 1 aliphatic rings. The number of cyclic esters (lactones) is 1. The van der Waals surface area contributed by atoms with Crippen molar-refractivity contribution in [3.8, 4) is 0 Å². The van der Waals surface area contributed by atoms with Crippen LogP contribution in [0.25, 0.3) is 0 Å². The predicted molar refractivity (Wildman–Crippen MR) is 82.6 cm³/mol. The third-order valence-corrected chi connectivity index (χ3v) is 4.13. The molecule has 110 valence electrons. The van der Waals surface area contributed by atoms with Gasteiger partial charge in [-0.1, -0.05) is 37.8 Å². The molecule has 1 aromatic rings. The topological polar surface area (TPSA) is 29.5 Å². The van der Waals surface area contributed by atoms with E-state index in [2.05, 4.69) is 6.92 Å². The SMILES string of the molecule is CCCCCCC1CN(c2ccc(Cl)c(C)c2)C(=O)O1. The Morgan fingerprint density at radius 2 is 2.15 bits per heavy atom. The van der Waals surface area contributed by atoms with E-state index in [0.717, 1.165) is 29.1 Å². The first-order valence-corrected chi connectivity index (χ1v) is 7.74. The van der Waals surface area contributed by atoms with Crippen molar-refractivity contribution in [3.63, 3.8) is 0 Å². The number of ether oxygens (including phenoxy) is 1. The molecule has 1 aliphatic heterocycles. The number of unbranched alkanes of at least 4 members (excludes halogenated alkanes) is 3. The summed E-state index contributed by atoms with van der Waals surface area (Å²) >= 11 is 6.02. The molecule has 3 nitrogen and oxygen atoms in total. The lowest BCUT2D eigenvalue weighted by molar-refractivity contribution is 0.135. The van der Waals surface area contributed by atoms with Crippen molar-refractivity contribution in [2.24, 2.45) is 0 Å². The van der Waals surface area contributed by atoms with Gasteiger partial charge in [0.1, 0.15) is 6.10 Å². The van der Waals surface area contributed by atoms with E-state index in [4.69, 9.17) is 16.3 Å². The summed E-state index contributed by atoms with van der Waals surface area (Å²) in [4.78, 5) is 13.6. The van der Waals surface area contributed by atoms with E-state index >= 15 is 0 Å². The van der Waals surface area contributed by atoms with Gasteiger partial charge in [-0.15, -0.1) is 0 Å². The molecule has 1 heterocycles. The molecule has 20 heavy (non-hydrogen) atoms. The maximum atomic E-state index is 11.9. The Bertz CT molecular complexity index is 476. The Kier molecular flexibility index (Phi) is 5.30. The molecule has 0 radical (unpaired) electrons. The van der Waals surface area contributed by atoms with Crippen LogP contribution in [0.4, 0.5) is 10.5 Å². The second-order valence-corrected chi connectivity index (χ2v) is 5.81. The zero-order valence-electron chi connectivity index (χ0n) is 12.2. The Morgan fingerprint density at radius 1 is 1.35 bits per heavy atom. The molecule has 0 aliphatic carbocycles. The lowest BCUT2D eigenvalue weighted by atomic mass is 10.1. The van der Waals surface area contributed by atoms with Crippen LogP contribution in [0.5, 0.6) is 0 Å². The van der Waals surface area contributed by atoms with Crippen molar-refractivity contribution in [1.82, 2.24) is 0 Å². The molecule has 0 bridgehead atoms. The van der Waals surface area contributed by atoms with Gasteiger partial charge < -0.3 is 4.74 Å². The summed E-state index contributed by atoms with van der Waals surface area (Å²) in [6, 6.07) is 5.63. The van der Waals surface area contributed by atoms with E-state index < -0.39 is 0 Å². The highest BCUT2D eigenvalue weighted by Crippen LogP contribution is 2.27. The molecule has 1 fully saturated rings. The fourth-order valence-corrected chi connectivity index (χ4v) is 2.60. The largest absolute Gasteiger partial charge is 0.444 e. The maximum Gasteiger partial charge on any atom is 0.414 e. The van der Waals surface area contributed by atoms with Crippen molar-refractivity contribution >= 4 is 23.4 Å². The number of aryl methyl sites for hydroxylation is 1. The molecule has 0 N–H and O–H groups in total. The van der Waals surface area contributed by atoms with Crippen LogP contribution in [-0.2, 0) is 4.74 Å². The van der Waals surface area contributed by atoms with Crippen molar-refractivity contribution in [2.75, 3.05) is 11.4 Å². The number of carbonyl (C=O) groups excluding carboxylic acids is 1. The summed E-state index contributed by atoms with van der Waals surface area (Å²) in [5.74, 6) is 0. The molecule has 1 saturated heterocycles. The summed E-state index contributed by atoms with van der Waals surface area (Å²) in [6.07, 6.45) is 5.54. The minimum atomic E-state index is -0.243. The molecule has 4 heteroatoms. The van der Waals surface area contributed by atoms with E-state index in [1.807, 2.05) is 25.1 Å². The van der Waals surface area contributed by atoms with Crippen LogP contribution in [0, 0.1) is 6.92 Å². The fraction of sp³-hybridized carbons (Fsp3) is 0.562. The Morgan fingerprint density at radius 3 is 2.85 bits per heavy atom. The number of benzene rings is 1. The molecule has 1 aromatic carbocycles. The minimum absolute atomic E-state index is 0.0235. The first-order valence-electron chi connectivity index (χ1n) is 7.36. The number of nitrogens with zero attached hydrogens (tertiary/aromatic N) is 1. The number of hydrogen-bond acceptors (Lipinski definition) is 2. The molecule has 0 saturated carbocycles. The van der Waals surface area contributed by atoms with E-state index in [-0.39, 0.29) is 12.2 Å². The van der Waals surface area contributed by atoms with Gasteiger partial charge in [-0.25, -0.2) is 4.79 Å². The van der Waals surface area contributed by atoms with Gasteiger partial charge in [-0.05, 0) is 43.5 Å². The molecular formula is C16H22ClNO2. The van der Waals surface area contributed by atoms with Gasteiger partial charge in [0.05, 0.1) is 6.54 Å². The molecule has 1 atom stereocenters. The van der Waals surface area contributed by atoms with E-state index in [9.17, 15) is 4.79 Å². The average molecular weight is 296 g/mol. The molecular weight excluding hydrogens is 274 g/mol. The van der Waals surface area contributed by atoms with Gasteiger partial charge in [0.2, 0.25) is 0 Å². The zero-order chi connectivity index (χ0) is 14.5. The minimum Gasteiger partial charge on any atom is -0.444 e. The van der Waals surface area contributed by atoms with Crippen LogP contribution < -0.4 is 4.90 Å². The van der Waals surface area contributed by atoms with Crippen molar-refractivity contribution in [2.45, 2.75) is 52.1 Å². The third-order valence-electron chi connectivity index (χ3n) is 3.71. The monoisotopic (exact) mass is 295 g/mol. The standard InChI is InChI=1S/C16H22ClNO2/c1-3-4-5-6-7-14-11-18(16(19)20-14)13-8-9-15(17)12(2)10-13/h8-10,14H,3-7,11H2,1-2H3. The highest BCUT2D eigenvalue weighted by Gasteiger charge is 2.31. The summed E-state index contributed by atoms with van der Waals surface area (Å²) < 4.78 is 5.43. The summed E-state index contributed by atoms with van der Waals surface area (Å²) in [5.41, 5.74) is 1.84. The predicted octanol–water partition coefficient (Wildman–Crippen LogP) is 4.94. The maximum absolute atomic E-state index is 11.9. The Balaban J connectivity index is 1.93. The smallest absolute Gasteiger partial charge is 0.414 e. The lowest BCUT2D eigenvalue weighted by Gasteiger charge is -2.14. The quantitative estimate of drug-likeness (QED) is 0.695. The van der Waals surface area contributed by atoms with Crippen molar-refractivity contribution in [1.29, 1.82) is 0 Å². The van der Waals surface area contributed by atoms with Crippen LogP contribution in [0.1, 0.15) is 44.6 Å². The molecule has 1 amide bonds. The third kappa shape index (κ3) is 3.66. The second-order valence-electron chi connectivity index (χ2n) is 5.40. The van der Waals surface area contributed by atoms with E-state index in [1.165, 1.54) is 19.3 Å². The average Bonchev–Trinajstić information content (AvgIpc) is 2.79. The van der Waals surface area contributed by atoms with Crippen molar-refractivity contribution in [3.05, 3.63) is 28.8 Å². The van der Waals surface area contributed by atoms with Crippen LogP contribution in [0.3, 0.4) is 0 Å². The number of carbonyl (C=O) groups is 1. The molecule has 1 unspecified atom stereocenters. The van der Waals surface area contributed by atoms with Gasteiger partial charge >= 0.3 is 6.09 Å². The fourth-order valence-electron chi connectivity index (χ4n) is 2.48. The summed E-state index contributed by atoms with van der Waals surface area (Å²) in [6.45, 7) is 4.78. The van der Waals surface area contributed by atoms with Gasteiger partial charge in [0, 0.05) is 10.7 Å². The summed E-state index contributed by atoms with van der Waals surface area (Å²) in [5, 5.41) is 0.720. The summed E-state index contributed by atoms with van der Waals surface area (Å²) in [7, 11) is 0. The van der Waals surface area contributed by atoms with Crippen molar-refractivity contribution < 1.29 is 9.53 Å². The molecule has 0 aromatic heterocycles. The van der Waals surface area contributed by atoms with Gasteiger partial charge in [-0.2, -0.15) is 0 Å². The van der Waals surface area contributed by atoms with Crippen LogP contribution >= 0.6 is 11.6 Å². The van der Waals surface area contributed by atoms with E-state index in [0.29, 0.717) is 6.54 Å². The first kappa shape index (κ1) is 15.2. The number of amides is 1. The number of halogens is 1. The van der Waals surface area contributed by atoms with E-state index in [1.54, 1.807) is 4.90 Å². The van der Waals surface area contributed by atoms with Crippen LogP contribution in [0.15, 0.2) is 18.2 Å². The number of anilines is 1. The number of rotatable bonds is 6. The van der Waals surface area contributed by atoms with Gasteiger partial charge in [0.25, 0.3) is 0 Å². The highest BCUT2D eigenvalue weighted by atomic mass is 35.5. The number of hydrogen-bond donors (Lipinski definition) is 0. The first-order chi connectivity index (χ1) is 9.61. The Labute approximate surface area is 125 Å². The molecule has 0 spiro atoms. The van der Waals surface area contributed by atoms with Gasteiger partial charge in [0.15, 0.2) is 0 Å². The Hall–Kier alpha value is -1.22. The van der Waals surface area contributed by atoms with Gasteiger partial charge in [-0.3, -0.25) is 4.90 Å². The zero-order valence-corrected chi connectivity index (χ0v) is 12.9. The lowest BCUT2D eigenvalue weighted by Crippen LogP contribution is -2.24. The molecule has 2 rings (SSSR count).